The Bertz CT molecular complexity index is 983. The van der Waals surface area contributed by atoms with Gasteiger partial charge in [-0.3, -0.25) is 9.59 Å². The molecule has 0 N–H and O–H groups in total. The Balaban J connectivity index is 1.83. The fourth-order valence-electron chi connectivity index (χ4n) is 4.00. The predicted molar refractivity (Wildman–Crippen MR) is 106 cm³/mol. The average Bonchev–Trinajstić information content (AvgIpc) is 2.96. The van der Waals surface area contributed by atoms with E-state index in [1.165, 1.54) is 6.20 Å². The molecule has 2 aliphatic heterocycles. The zero-order chi connectivity index (χ0) is 20.4. The first-order chi connectivity index (χ1) is 14.1. The van der Waals surface area contributed by atoms with Crippen LogP contribution in [0.3, 0.4) is 0 Å². The molecule has 3 heterocycles. The number of aromatic nitrogens is 1. The monoisotopic (exact) mass is 396 g/mol. The van der Waals surface area contributed by atoms with E-state index in [1.807, 2.05) is 30.3 Å². The first-order valence-corrected chi connectivity index (χ1v) is 10.0. The standard InChI is InChI=1S/C22H24N2O5/c1-2-28-22(27)17-13-24-16-10-6-7-11-23(12-16)21(26)18(24)20(19(17)25)29-14-15-8-4-3-5-9-15/h3-5,8-9,13,16H,2,6-7,10-12,14H2,1H3. The summed E-state index contributed by atoms with van der Waals surface area (Å²) in [4.78, 5) is 40.5. The van der Waals surface area contributed by atoms with Crippen LogP contribution < -0.4 is 10.2 Å². The average molecular weight is 396 g/mol. The highest BCUT2D eigenvalue weighted by atomic mass is 16.5. The summed E-state index contributed by atoms with van der Waals surface area (Å²) in [5.41, 5.74) is 0.410. The quantitative estimate of drug-likeness (QED) is 0.727. The minimum Gasteiger partial charge on any atom is -0.483 e. The fourth-order valence-corrected chi connectivity index (χ4v) is 4.00. The summed E-state index contributed by atoms with van der Waals surface area (Å²) >= 11 is 0. The van der Waals surface area contributed by atoms with Crippen LogP contribution in [0.2, 0.25) is 0 Å². The lowest BCUT2D eigenvalue weighted by Crippen LogP contribution is -2.44. The number of benzene rings is 1. The molecule has 1 saturated heterocycles. The lowest BCUT2D eigenvalue weighted by atomic mass is 10.1. The molecule has 29 heavy (non-hydrogen) atoms. The summed E-state index contributed by atoms with van der Waals surface area (Å²) in [5.74, 6) is -0.986. The van der Waals surface area contributed by atoms with Crippen molar-refractivity contribution in [3.05, 3.63) is 63.6 Å². The second-order valence-corrected chi connectivity index (χ2v) is 7.35. The lowest BCUT2D eigenvalue weighted by Gasteiger charge is -2.35. The van der Waals surface area contributed by atoms with Crippen molar-refractivity contribution in [3.63, 3.8) is 0 Å². The predicted octanol–water partition coefficient (Wildman–Crippen LogP) is 2.78. The van der Waals surface area contributed by atoms with Gasteiger partial charge in [0, 0.05) is 19.3 Å². The van der Waals surface area contributed by atoms with Crippen LogP contribution in [-0.2, 0) is 11.3 Å². The van der Waals surface area contributed by atoms with E-state index in [0.29, 0.717) is 13.1 Å². The largest absolute Gasteiger partial charge is 0.483 e. The fraction of sp³-hybridized carbons (Fsp3) is 0.409. The molecule has 7 nitrogen and oxygen atoms in total. The van der Waals surface area contributed by atoms with Crippen molar-refractivity contribution >= 4 is 11.9 Å². The van der Waals surface area contributed by atoms with E-state index in [9.17, 15) is 14.4 Å². The van der Waals surface area contributed by atoms with Crippen molar-refractivity contribution in [1.29, 1.82) is 0 Å². The Hall–Kier alpha value is -3.09. The van der Waals surface area contributed by atoms with Crippen LogP contribution in [-0.4, -0.2) is 41.0 Å². The van der Waals surface area contributed by atoms with Crippen molar-refractivity contribution in [3.8, 4) is 5.75 Å². The molecule has 4 rings (SSSR count). The van der Waals surface area contributed by atoms with Crippen LogP contribution in [0.4, 0.5) is 0 Å². The van der Waals surface area contributed by atoms with Crippen LogP contribution in [0, 0.1) is 0 Å². The lowest BCUT2D eigenvalue weighted by molar-refractivity contribution is 0.0518. The van der Waals surface area contributed by atoms with Crippen LogP contribution in [0.5, 0.6) is 5.75 Å². The Morgan fingerprint density at radius 2 is 1.97 bits per heavy atom. The molecule has 1 aromatic heterocycles. The number of nitrogens with zero attached hydrogens (tertiary/aromatic N) is 2. The second kappa shape index (κ2) is 8.11. The summed E-state index contributed by atoms with van der Waals surface area (Å²) in [6, 6.07) is 9.42. The summed E-state index contributed by atoms with van der Waals surface area (Å²) in [5, 5.41) is 0. The van der Waals surface area contributed by atoms with Gasteiger partial charge in [-0.25, -0.2) is 4.79 Å². The van der Waals surface area contributed by atoms with E-state index in [2.05, 4.69) is 0 Å². The van der Waals surface area contributed by atoms with E-state index in [1.54, 1.807) is 16.4 Å². The van der Waals surface area contributed by atoms with Crippen molar-refractivity contribution in [1.82, 2.24) is 9.47 Å². The van der Waals surface area contributed by atoms with Gasteiger partial charge >= 0.3 is 5.97 Å². The summed E-state index contributed by atoms with van der Waals surface area (Å²) in [7, 11) is 0. The number of carbonyl (C=O) groups is 2. The van der Waals surface area contributed by atoms with Gasteiger partial charge in [-0.15, -0.1) is 0 Å². The molecule has 2 aromatic rings. The normalized spacial score (nSPS) is 18.0. The smallest absolute Gasteiger partial charge is 0.343 e. The number of amides is 1. The van der Waals surface area contributed by atoms with Gasteiger partial charge in [-0.2, -0.15) is 0 Å². The third kappa shape index (κ3) is 3.64. The van der Waals surface area contributed by atoms with E-state index in [-0.39, 0.29) is 42.2 Å². The third-order valence-corrected chi connectivity index (χ3v) is 5.44. The molecule has 7 heteroatoms. The van der Waals surface area contributed by atoms with Gasteiger partial charge in [0.15, 0.2) is 11.4 Å². The highest BCUT2D eigenvalue weighted by Crippen LogP contribution is 2.32. The van der Waals surface area contributed by atoms with Crippen LogP contribution in [0.15, 0.2) is 41.3 Å². The molecule has 152 valence electrons. The van der Waals surface area contributed by atoms with E-state index < -0.39 is 11.4 Å². The van der Waals surface area contributed by atoms with E-state index >= 15 is 0 Å². The molecule has 1 fully saturated rings. The number of carbonyl (C=O) groups excluding carboxylic acids is 2. The number of rotatable bonds is 5. The summed E-state index contributed by atoms with van der Waals surface area (Å²) in [6.07, 6.45) is 4.26. The van der Waals surface area contributed by atoms with Gasteiger partial charge in [0.25, 0.3) is 5.91 Å². The molecule has 2 aliphatic rings. The summed E-state index contributed by atoms with van der Waals surface area (Å²) < 4.78 is 12.7. The minimum atomic E-state index is -0.694. The maximum absolute atomic E-state index is 13.1. The van der Waals surface area contributed by atoms with Crippen LogP contribution >= 0.6 is 0 Å². The van der Waals surface area contributed by atoms with Gasteiger partial charge in [0.2, 0.25) is 5.43 Å². The molecule has 1 unspecified atom stereocenters. The minimum absolute atomic E-state index is 0.0121. The first kappa shape index (κ1) is 19.2. The van der Waals surface area contributed by atoms with Gasteiger partial charge in [0.1, 0.15) is 12.2 Å². The molecule has 0 spiro atoms. The summed E-state index contributed by atoms with van der Waals surface area (Å²) in [6.45, 7) is 3.23. The molecule has 0 radical (unpaired) electrons. The van der Waals surface area contributed by atoms with E-state index in [4.69, 9.17) is 9.47 Å². The Labute approximate surface area is 168 Å². The molecule has 1 aromatic carbocycles. The number of hydrogen-bond donors (Lipinski definition) is 0. The third-order valence-electron chi connectivity index (χ3n) is 5.44. The molecular weight excluding hydrogens is 372 g/mol. The Kier molecular flexibility index (Phi) is 5.38. The Morgan fingerprint density at radius 3 is 2.72 bits per heavy atom. The molecular formula is C22H24N2O5. The highest BCUT2D eigenvalue weighted by Gasteiger charge is 2.37. The van der Waals surface area contributed by atoms with Crippen molar-refractivity contribution in [2.75, 3.05) is 19.7 Å². The molecule has 0 saturated carbocycles. The van der Waals surface area contributed by atoms with Crippen molar-refractivity contribution in [2.24, 2.45) is 0 Å². The Morgan fingerprint density at radius 1 is 1.17 bits per heavy atom. The molecule has 1 amide bonds. The number of ether oxygens (including phenoxy) is 2. The topological polar surface area (TPSA) is 77.8 Å². The first-order valence-electron chi connectivity index (χ1n) is 10.0. The zero-order valence-corrected chi connectivity index (χ0v) is 16.4. The van der Waals surface area contributed by atoms with Crippen LogP contribution in [0.25, 0.3) is 0 Å². The van der Waals surface area contributed by atoms with Crippen LogP contribution in [0.1, 0.15) is 58.6 Å². The van der Waals surface area contributed by atoms with Crippen molar-refractivity contribution in [2.45, 2.75) is 38.8 Å². The SMILES string of the molecule is CCOC(=O)c1cn2c(c(OCc3ccccc3)c1=O)C(=O)N1CCCCC2C1. The highest BCUT2D eigenvalue weighted by molar-refractivity contribution is 5.98. The number of hydrogen-bond acceptors (Lipinski definition) is 5. The number of pyridine rings is 1. The molecule has 2 bridgehead atoms. The number of esters is 1. The number of fused-ring (bicyclic) bond motifs is 4. The second-order valence-electron chi connectivity index (χ2n) is 7.35. The zero-order valence-electron chi connectivity index (χ0n) is 16.4. The maximum Gasteiger partial charge on any atom is 0.343 e. The van der Waals surface area contributed by atoms with E-state index in [0.717, 1.165) is 24.8 Å². The van der Waals surface area contributed by atoms with Gasteiger partial charge < -0.3 is 18.9 Å². The van der Waals surface area contributed by atoms with Crippen molar-refractivity contribution < 1.29 is 19.1 Å². The van der Waals surface area contributed by atoms with Gasteiger partial charge in [-0.1, -0.05) is 30.3 Å². The van der Waals surface area contributed by atoms with Gasteiger partial charge in [0.05, 0.1) is 12.6 Å². The molecule has 0 aliphatic carbocycles. The maximum atomic E-state index is 13.1. The van der Waals surface area contributed by atoms with Gasteiger partial charge in [-0.05, 0) is 31.7 Å². The molecule has 1 atom stereocenters.